The Morgan fingerprint density at radius 1 is 0.871 bits per heavy atom. The Kier molecular flexibility index (Phi) is 5.33. The van der Waals surface area contributed by atoms with Gasteiger partial charge in [0.25, 0.3) is 0 Å². The van der Waals surface area contributed by atoms with Crippen LogP contribution in [0.2, 0.25) is 0 Å². The Balaban J connectivity index is 1.70. The molecule has 0 radical (unpaired) electrons. The van der Waals surface area contributed by atoms with E-state index in [2.05, 4.69) is 0 Å². The van der Waals surface area contributed by atoms with Crippen LogP contribution >= 0.6 is 0 Å². The number of phenolic OH excluding ortho intramolecular Hbond substituents is 3. The highest BCUT2D eigenvalue weighted by Crippen LogP contribution is 2.41. The Hall–Kier alpha value is -3.15. The number of fused-ring (bicyclic) bond motifs is 1. The van der Waals surface area contributed by atoms with Crippen LogP contribution in [0.1, 0.15) is 11.7 Å². The Bertz CT molecular complexity index is 1170. The van der Waals surface area contributed by atoms with Crippen molar-refractivity contribution in [3.63, 3.8) is 0 Å². The number of aliphatic hydroxyl groups is 4. The number of aromatic hydroxyl groups is 3. The molecule has 0 aliphatic carbocycles. The zero-order chi connectivity index (χ0) is 22.4. The maximum absolute atomic E-state index is 12.4. The van der Waals surface area contributed by atoms with Crippen LogP contribution < -0.4 is 5.43 Å². The largest absolute Gasteiger partial charge is 0.504 e. The second kappa shape index (κ2) is 7.84. The highest BCUT2D eigenvalue weighted by atomic mass is 16.5. The van der Waals surface area contributed by atoms with Gasteiger partial charge in [0.2, 0.25) is 11.5 Å². The molecular weight excluding hydrogens is 412 g/mol. The molecule has 10 heteroatoms. The Labute approximate surface area is 174 Å². The summed E-state index contributed by atoms with van der Waals surface area (Å²) >= 11 is 0. The first kappa shape index (κ1) is 21.1. The third-order valence-corrected chi connectivity index (χ3v) is 5.36. The SMILES string of the molecule is O=c1cc(-c2ccc(C3O[C@H](CO)[C@@H](O)[C@H](O)[C@H]3O)cc2)oc2c(O)c(O)c(O)cc12. The molecule has 0 amide bonds. The van der Waals surface area contributed by atoms with Gasteiger partial charge in [0.05, 0.1) is 12.0 Å². The number of ether oxygens (including phenoxy) is 1. The lowest BCUT2D eigenvalue weighted by Gasteiger charge is -2.40. The molecule has 1 aliphatic rings. The normalized spacial score (nSPS) is 26.3. The summed E-state index contributed by atoms with van der Waals surface area (Å²) in [5.41, 5.74) is 0.00387. The van der Waals surface area contributed by atoms with Gasteiger partial charge < -0.3 is 44.9 Å². The van der Waals surface area contributed by atoms with E-state index in [-0.39, 0.29) is 16.7 Å². The van der Waals surface area contributed by atoms with Crippen molar-refractivity contribution < 1.29 is 44.9 Å². The van der Waals surface area contributed by atoms with Crippen molar-refractivity contribution in [3.05, 3.63) is 52.2 Å². The average Bonchev–Trinajstić information content (AvgIpc) is 2.77. The molecular formula is C21H20O10. The number of hydrogen-bond donors (Lipinski definition) is 7. The van der Waals surface area contributed by atoms with E-state index >= 15 is 0 Å². The maximum atomic E-state index is 12.4. The predicted octanol–water partition coefficient (Wildman–Crippen LogP) is 0.0917. The van der Waals surface area contributed by atoms with E-state index in [0.717, 1.165) is 12.1 Å². The smallest absolute Gasteiger partial charge is 0.205 e. The van der Waals surface area contributed by atoms with Crippen LogP contribution in [0.3, 0.4) is 0 Å². The summed E-state index contributed by atoms with van der Waals surface area (Å²) in [5, 5.41) is 68.6. The van der Waals surface area contributed by atoms with Gasteiger partial charge in [0, 0.05) is 11.6 Å². The molecule has 31 heavy (non-hydrogen) atoms. The number of rotatable bonds is 3. The molecule has 4 rings (SSSR count). The van der Waals surface area contributed by atoms with Crippen molar-refractivity contribution in [2.24, 2.45) is 0 Å². The molecule has 1 saturated heterocycles. The van der Waals surface area contributed by atoms with Crippen molar-refractivity contribution in [2.75, 3.05) is 6.61 Å². The summed E-state index contributed by atoms with van der Waals surface area (Å²) in [6.45, 7) is -0.548. The average molecular weight is 432 g/mol. The van der Waals surface area contributed by atoms with Crippen LogP contribution in [0.25, 0.3) is 22.3 Å². The second-order valence-electron chi connectivity index (χ2n) is 7.32. The van der Waals surface area contributed by atoms with Crippen molar-refractivity contribution in [1.82, 2.24) is 0 Å². The topological polar surface area (TPSA) is 181 Å². The van der Waals surface area contributed by atoms with Crippen molar-refractivity contribution in [1.29, 1.82) is 0 Å². The summed E-state index contributed by atoms with van der Waals surface area (Å²) in [6.07, 6.45) is -6.48. The Morgan fingerprint density at radius 3 is 2.19 bits per heavy atom. The molecule has 0 saturated carbocycles. The summed E-state index contributed by atoms with van der Waals surface area (Å²) in [4.78, 5) is 12.4. The molecule has 0 bridgehead atoms. The lowest BCUT2D eigenvalue weighted by Crippen LogP contribution is -2.55. The van der Waals surface area contributed by atoms with Crippen LogP contribution in [0.5, 0.6) is 17.2 Å². The van der Waals surface area contributed by atoms with Crippen LogP contribution in [0, 0.1) is 0 Å². The van der Waals surface area contributed by atoms with Crippen LogP contribution in [0.15, 0.2) is 45.6 Å². The summed E-state index contributed by atoms with van der Waals surface area (Å²) < 4.78 is 11.1. The number of benzene rings is 2. The summed E-state index contributed by atoms with van der Waals surface area (Å²) in [6, 6.07) is 8.31. The van der Waals surface area contributed by atoms with Gasteiger partial charge in [-0.05, 0) is 11.6 Å². The van der Waals surface area contributed by atoms with Crippen molar-refractivity contribution >= 4 is 11.0 Å². The van der Waals surface area contributed by atoms with Gasteiger partial charge in [-0.2, -0.15) is 0 Å². The van der Waals surface area contributed by atoms with E-state index in [1.807, 2.05) is 0 Å². The molecule has 1 fully saturated rings. The minimum absolute atomic E-state index is 0.0678. The first-order valence-corrected chi connectivity index (χ1v) is 9.35. The zero-order valence-electron chi connectivity index (χ0n) is 15.9. The van der Waals surface area contributed by atoms with Gasteiger partial charge in [-0.15, -0.1) is 0 Å². The second-order valence-corrected chi connectivity index (χ2v) is 7.32. The van der Waals surface area contributed by atoms with Crippen LogP contribution in [-0.2, 0) is 4.74 Å². The van der Waals surface area contributed by atoms with Gasteiger partial charge in [0.1, 0.15) is 36.3 Å². The molecule has 1 aliphatic heterocycles. The van der Waals surface area contributed by atoms with Gasteiger partial charge in [-0.25, -0.2) is 0 Å². The molecule has 0 spiro atoms. The quantitative estimate of drug-likeness (QED) is 0.280. The number of phenols is 3. The molecule has 7 N–H and O–H groups in total. The fraction of sp³-hybridized carbons (Fsp3) is 0.286. The van der Waals surface area contributed by atoms with Crippen molar-refractivity contribution in [3.8, 4) is 28.6 Å². The van der Waals surface area contributed by atoms with E-state index in [0.29, 0.717) is 11.1 Å². The molecule has 1 aromatic heterocycles. The van der Waals surface area contributed by atoms with Crippen LogP contribution in [-0.4, -0.2) is 66.8 Å². The van der Waals surface area contributed by atoms with Gasteiger partial charge in [-0.1, -0.05) is 24.3 Å². The fourth-order valence-corrected chi connectivity index (χ4v) is 3.61. The lowest BCUT2D eigenvalue weighted by molar-refractivity contribution is -0.231. The van der Waals surface area contributed by atoms with E-state index in [4.69, 9.17) is 9.15 Å². The third kappa shape index (κ3) is 3.50. The molecule has 3 aromatic rings. The number of aliphatic hydroxyl groups excluding tert-OH is 4. The minimum Gasteiger partial charge on any atom is -0.504 e. The molecule has 2 aromatic carbocycles. The van der Waals surface area contributed by atoms with Gasteiger partial charge in [-0.3, -0.25) is 4.79 Å². The summed E-state index contributed by atoms with van der Waals surface area (Å²) in [7, 11) is 0. The van der Waals surface area contributed by atoms with Crippen LogP contribution in [0.4, 0.5) is 0 Å². The van der Waals surface area contributed by atoms with E-state index < -0.39 is 59.8 Å². The van der Waals surface area contributed by atoms with E-state index in [1.54, 1.807) is 12.1 Å². The first-order valence-electron chi connectivity index (χ1n) is 9.35. The van der Waals surface area contributed by atoms with Gasteiger partial charge >= 0.3 is 0 Å². The predicted molar refractivity (Wildman–Crippen MR) is 106 cm³/mol. The fourth-order valence-electron chi connectivity index (χ4n) is 3.61. The highest BCUT2D eigenvalue weighted by molar-refractivity contribution is 5.88. The van der Waals surface area contributed by atoms with E-state index in [9.17, 15) is 40.5 Å². The van der Waals surface area contributed by atoms with Crippen molar-refractivity contribution in [2.45, 2.75) is 30.5 Å². The molecule has 10 nitrogen and oxygen atoms in total. The standard InChI is InChI=1S/C21H20O10/c22-7-14-16(26)17(27)19(29)20(31-14)9-3-1-8(2-4-9)13-6-11(23)10-5-12(24)15(25)18(28)21(10)30-13/h1-6,14,16-17,19-20,22,24-29H,7H2/t14-,16-,17+,19-,20?/m1/s1. The number of hydrogen-bond acceptors (Lipinski definition) is 10. The highest BCUT2D eigenvalue weighted by Gasteiger charge is 2.43. The third-order valence-electron chi connectivity index (χ3n) is 5.36. The lowest BCUT2D eigenvalue weighted by atomic mass is 9.91. The molecule has 1 unspecified atom stereocenters. The molecule has 164 valence electrons. The first-order chi connectivity index (χ1) is 14.7. The maximum Gasteiger partial charge on any atom is 0.205 e. The Morgan fingerprint density at radius 2 is 1.55 bits per heavy atom. The molecule has 2 heterocycles. The minimum atomic E-state index is -1.51. The summed E-state index contributed by atoms with van der Waals surface area (Å²) in [5.74, 6) is -2.18. The monoisotopic (exact) mass is 432 g/mol. The van der Waals surface area contributed by atoms with E-state index in [1.165, 1.54) is 12.1 Å². The molecule has 5 atom stereocenters. The van der Waals surface area contributed by atoms with Gasteiger partial charge in [0.15, 0.2) is 16.8 Å². The zero-order valence-corrected chi connectivity index (χ0v) is 15.9.